The molecule has 6 heteroatoms. The van der Waals surface area contributed by atoms with Crippen molar-refractivity contribution in [2.24, 2.45) is 0 Å². The summed E-state index contributed by atoms with van der Waals surface area (Å²) >= 11 is 0. The zero-order valence-electron chi connectivity index (χ0n) is 18.0. The number of aryl methyl sites for hydroxylation is 2. The van der Waals surface area contributed by atoms with Gasteiger partial charge < -0.3 is 10.6 Å². The summed E-state index contributed by atoms with van der Waals surface area (Å²) in [7, 11) is 0. The van der Waals surface area contributed by atoms with Crippen LogP contribution in [0.15, 0.2) is 54.6 Å². The van der Waals surface area contributed by atoms with Gasteiger partial charge in [-0.15, -0.1) is 0 Å². The van der Waals surface area contributed by atoms with E-state index in [4.69, 9.17) is 0 Å². The Labute approximate surface area is 182 Å². The lowest BCUT2D eigenvalue weighted by atomic mass is 10.1. The number of hydrogen-bond acceptors (Lipinski definition) is 3. The topological polar surface area (TPSA) is 76.0 Å². The third kappa shape index (κ3) is 4.74. The Kier molecular flexibility index (Phi) is 5.71. The smallest absolute Gasteiger partial charge is 0.251 e. The fraction of sp³-hybridized carbons (Fsp3) is 0.240. The highest BCUT2D eigenvalue weighted by atomic mass is 16.2. The number of nitrogens with one attached hydrogen (secondary N) is 2. The summed E-state index contributed by atoms with van der Waals surface area (Å²) in [4.78, 5) is 24.9. The Balaban J connectivity index is 1.49. The normalized spacial score (nSPS) is 13.4. The van der Waals surface area contributed by atoms with Gasteiger partial charge in [-0.1, -0.05) is 24.3 Å². The van der Waals surface area contributed by atoms with Gasteiger partial charge in [-0.3, -0.25) is 9.59 Å². The molecule has 158 valence electrons. The van der Waals surface area contributed by atoms with E-state index in [1.165, 1.54) is 6.08 Å². The standard InChI is InChI=1S/C25H26N4O2/c1-16-9-10-19(25(31)26-20-11-12-20)15-23(16)27-24(30)14-13-22-17(2)28-29(18(22)3)21-7-5-4-6-8-21/h4-10,13-15,20H,11-12H2,1-3H3,(H,26,31)(H,27,30)/b14-13+. The molecule has 0 spiro atoms. The summed E-state index contributed by atoms with van der Waals surface area (Å²) in [5, 5.41) is 10.5. The first kappa shape index (κ1) is 20.6. The van der Waals surface area contributed by atoms with Crippen LogP contribution in [0.4, 0.5) is 5.69 Å². The number of carbonyl (C=O) groups excluding carboxylic acids is 2. The van der Waals surface area contributed by atoms with Gasteiger partial charge in [0.25, 0.3) is 5.91 Å². The summed E-state index contributed by atoms with van der Waals surface area (Å²) in [6.07, 6.45) is 5.35. The average molecular weight is 415 g/mol. The molecule has 2 N–H and O–H groups in total. The van der Waals surface area contributed by atoms with Gasteiger partial charge in [-0.05, 0) is 69.5 Å². The Morgan fingerprint density at radius 1 is 1.06 bits per heavy atom. The largest absolute Gasteiger partial charge is 0.349 e. The summed E-state index contributed by atoms with van der Waals surface area (Å²) < 4.78 is 1.87. The maximum Gasteiger partial charge on any atom is 0.251 e. The molecule has 1 aliphatic rings. The van der Waals surface area contributed by atoms with Crippen molar-refractivity contribution >= 4 is 23.6 Å². The second-order valence-corrected chi connectivity index (χ2v) is 7.93. The molecule has 1 saturated carbocycles. The number of nitrogens with zero attached hydrogens (tertiary/aromatic N) is 2. The molecular formula is C25H26N4O2. The molecule has 2 aromatic carbocycles. The molecule has 0 atom stereocenters. The van der Waals surface area contributed by atoms with Crippen LogP contribution in [-0.2, 0) is 4.79 Å². The average Bonchev–Trinajstić information content (AvgIpc) is 3.53. The maximum atomic E-state index is 12.6. The number of aromatic nitrogens is 2. The van der Waals surface area contributed by atoms with E-state index in [1.54, 1.807) is 18.2 Å². The quantitative estimate of drug-likeness (QED) is 0.589. The van der Waals surface area contributed by atoms with Crippen molar-refractivity contribution in [1.82, 2.24) is 15.1 Å². The molecule has 2 amide bonds. The third-order valence-corrected chi connectivity index (χ3v) is 5.42. The molecule has 0 aliphatic heterocycles. The highest BCUT2D eigenvalue weighted by Gasteiger charge is 2.24. The van der Waals surface area contributed by atoms with E-state index in [1.807, 2.05) is 61.9 Å². The van der Waals surface area contributed by atoms with Crippen LogP contribution in [0.25, 0.3) is 11.8 Å². The number of hydrogen-bond donors (Lipinski definition) is 2. The van der Waals surface area contributed by atoms with E-state index in [9.17, 15) is 9.59 Å². The first-order valence-electron chi connectivity index (χ1n) is 10.4. The second-order valence-electron chi connectivity index (χ2n) is 7.93. The molecule has 1 fully saturated rings. The summed E-state index contributed by atoms with van der Waals surface area (Å²) in [5.41, 5.74) is 5.77. The Bertz CT molecular complexity index is 1160. The highest BCUT2D eigenvalue weighted by molar-refractivity contribution is 6.03. The predicted octanol–water partition coefficient (Wildman–Crippen LogP) is 4.34. The zero-order valence-corrected chi connectivity index (χ0v) is 18.0. The molecule has 1 aromatic heterocycles. The Morgan fingerprint density at radius 3 is 2.52 bits per heavy atom. The van der Waals surface area contributed by atoms with Gasteiger partial charge in [0.2, 0.25) is 5.91 Å². The number of amides is 2. The molecule has 4 rings (SSSR count). The molecule has 31 heavy (non-hydrogen) atoms. The molecule has 6 nitrogen and oxygen atoms in total. The molecule has 0 saturated heterocycles. The number of benzene rings is 2. The molecule has 0 radical (unpaired) electrons. The van der Waals surface area contributed by atoms with E-state index in [2.05, 4.69) is 15.7 Å². The Hall–Kier alpha value is -3.67. The van der Waals surface area contributed by atoms with E-state index < -0.39 is 0 Å². The van der Waals surface area contributed by atoms with Crippen LogP contribution < -0.4 is 10.6 Å². The first-order valence-corrected chi connectivity index (χ1v) is 10.4. The number of rotatable bonds is 6. The van der Waals surface area contributed by atoms with E-state index in [0.29, 0.717) is 11.3 Å². The monoisotopic (exact) mass is 414 g/mol. The van der Waals surface area contributed by atoms with E-state index >= 15 is 0 Å². The lowest BCUT2D eigenvalue weighted by Gasteiger charge is -2.10. The summed E-state index contributed by atoms with van der Waals surface area (Å²) in [5.74, 6) is -0.359. The summed E-state index contributed by atoms with van der Waals surface area (Å²) in [6.45, 7) is 5.81. The lowest BCUT2D eigenvalue weighted by molar-refractivity contribution is -0.111. The van der Waals surface area contributed by atoms with Crippen molar-refractivity contribution in [3.05, 3.63) is 82.7 Å². The molecule has 3 aromatic rings. The van der Waals surface area contributed by atoms with Crippen molar-refractivity contribution in [3.8, 4) is 5.69 Å². The minimum absolute atomic E-state index is 0.104. The second kappa shape index (κ2) is 8.60. The van der Waals surface area contributed by atoms with Crippen LogP contribution in [0.2, 0.25) is 0 Å². The minimum atomic E-state index is -0.255. The van der Waals surface area contributed by atoms with Crippen molar-refractivity contribution in [2.75, 3.05) is 5.32 Å². The van der Waals surface area contributed by atoms with Crippen LogP contribution in [-0.4, -0.2) is 27.6 Å². The predicted molar refractivity (Wildman–Crippen MR) is 122 cm³/mol. The number of para-hydroxylation sites is 1. The third-order valence-electron chi connectivity index (χ3n) is 5.42. The maximum absolute atomic E-state index is 12.6. The van der Waals surface area contributed by atoms with Crippen molar-refractivity contribution in [1.29, 1.82) is 0 Å². The SMILES string of the molecule is Cc1ccc(C(=O)NC2CC2)cc1NC(=O)/C=C/c1c(C)nn(-c2ccccc2)c1C. The van der Waals surface area contributed by atoms with Gasteiger partial charge in [-0.2, -0.15) is 5.10 Å². The van der Waals surface area contributed by atoms with Crippen molar-refractivity contribution in [3.63, 3.8) is 0 Å². The van der Waals surface area contributed by atoms with E-state index in [-0.39, 0.29) is 17.9 Å². The fourth-order valence-corrected chi connectivity index (χ4v) is 3.44. The molecule has 1 aliphatic carbocycles. The zero-order chi connectivity index (χ0) is 22.0. The van der Waals surface area contributed by atoms with Crippen molar-refractivity contribution in [2.45, 2.75) is 39.7 Å². The van der Waals surface area contributed by atoms with Gasteiger partial charge in [0.05, 0.1) is 11.4 Å². The van der Waals surface area contributed by atoms with Crippen LogP contribution in [0, 0.1) is 20.8 Å². The van der Waals surface area contributed by atoms with Crippen molar-refractivity contribution < 1.29 is 9.59 Å². The molecule has 1 heterocycles. The first-order chi connectivity index (χ1) is 14.9. The molecule has 0 unspecified atom stereocenters. The van der Waals surface area contributed by atoms with Crippen LogP contribution >= 0.6 is 0 Å². The molecular weight excluding hydrogens is 388 g/mol. The highest BCUT2D eigenvalue weighted by Crippen LogP contribution is 2.22. The van der Waals surface area contributed by atoms with E-state index in [0.717, 1.165) is 41.0 Å². The minimum Gasteiger partial charge on any atom is -0.349 e. The van der Waals surface area contributed by atoms with Gasteiger partial charge in [-0.25, -0.2) is 4.68 Å². The molecule has 0 bridgehead atoms. The van der Waals surface area contributed by atoms with Gasteiger partial charge >= 0.3 is 0 Å². The van der Waals surface area contributed by atoms with Gasteiger partial charge in [0.1, 0.15) is 0 Å². The van der Waals surface area contributed by atoms with Gasteiger partial charge in [0.15, 0.2) is 0 Å². The number of anilines is 1. The summed E-state index contributed by atoms with van der Waals surface area (Å²) in [6, 6.07) is 15.5. The van der Waals surface area contributed by atoms with Crippen LogP contribution in [0.3, 0.4) is 0 Å². The Morgan fingerprint density at radius 2 is 1.81 bits per heavy atom. The number of carbonyl (C=O) groups is 2. The fourth-order valence-electron chi connectivity index (χ4n) is 3.44. The van der Waals surface area contributed by atoms with Gasteiger partial charge in [0, 0.05) is 34.6 Å². The lowest BCUT2D eigenvalue weighted by Crippen LogP contribution is -2.25. The van der Waals surface area contributed by atoms with Crippen LogP contribution in [0.1, 0.15) is 45.7 Å². The van der Waals surface area contributed by atoms with Crippen LogP contribution in [0.5, 0.6) is 0 Å².